The third kappa shape index (κ3) is 3.93. The highest BCUT2D eigenvalue weighted by atomic mass is 19.1. The fourth-order valence-corrected chi connectivity index (χ4v) is 1.77. The normalized spacial score (nSPS) is 10.2. The van der Waals surface area contributed by atoms with Gasteiger partial charge in [-0.2, -0.15) is 0 Å². The van der Waals surface area contributed by atoms with Crippen LogP contribution >= 0.6 is 0 Å². The summed E-state index contributed by atoms with van der Waals surface area (Å²) in [5.74, 6) is -0.586. The Labute approximate surface area is 121 Å². The molecule has 2 rings (SSSR count). The van der Waals surface area contributed by atoms with Crippen LogP contribution in [0.15, 0.2) is 42.5 Å². The van der Waals surface area contributed by atoms with Crippen LogP contribution in [-0.4, -0.2) is 19.1 Å². The van der Waals surface area contributed by atoms with Crippen LogP contribution in [0.2, 0.25) is 0 Å². The second-order valence-electron chi connectivity index (χ2n) is 4.35. The molecule has 0 bridgehead atoms. The van der Waals surface area contributed by atoms with Gasteiger partial charge in [0, 0.05) is 23.9 Å². The second-order valence-corrected chi connectivity index (χ2v) is 4.35. The maximum absolute atomic E-state index is 13.9. The molecule has 0 fully saturated rings. The fourth-order valence-electron chi connectivity index (χ4n) is 1.77. The van der Waals surface area contributed by atoms with Crippen molar-refractivity contribution in [2.24, 2.45) is 11.5 Å². The largest absolute Gasteiger partial charge is 0.492 e. The number of anilines is 2. The zero-order valence-corrected chi connectivity index (χ0v) is 11.3. The molecular weight excluding hydrogens is 273 g/mol. The lowest BCUT2D eigenvalue weighted by Crippen LogP contribution is -2.11. The molecule has 5 N–H and O–H groups in total. The van der Waals surface area contributed by atoms with Crippen molar-refractivity contribution in [2.45, 2.75) is 0 Å². The van der Waals surface area contributed by atoms with E-state index in [1.165, 1.54) is 12.1 Å². The van der Waals surface area contributed by atoms with Crippen LogP contribution in [0.3, 0.4) is 0 Å². The third-order valence-corrected chi connectivity index (χ3v) is 2.75. The van der Waals surface area contributed by atoms with Gasteiger partial charge >= 0.3 is 0 Å². The number of benzene rings is 2. The molecule has 2 aromatic carbocycles. The number of hydrogen-bond donors (Lipinski definition) is 3. The molecule has 0 heterocycles. The van der Waals surface area contributed by atoms with Gasteiger partial charge in [0.15, 0.2) is 0 Å². The van der Waals surface area contributed by atoms with Gasteiger partial charge in [-0.25, -0.2) is 4.39 Å². The summed E-state index contributed by atoms with van der Waals surface area (Å²) >= 11 is 0. The summed E-state index contributed by atoms with van der Waals surface area (Å²) in [7, 11) is 0. The zero-order valence-electron chi connectivity index (χ0n) is 11.3. The van der Waals surface area contributed by atoms with Crippen LogP contribution in [-0.2, 0) is 0 Å². The molecule has 110 valence electrons. The molecule has 0 aliphatic rings. The monoisotopic (exact) mass is 289 g/mol. The molecule has 2 aromatic rings. The van der Waals surface area contributed by atoms with Gasteiger partial charge in [-0.15, -0.1) is 0 Å². The van der Waals surface area contributed by atoms with Crippen LogP contribution < -0.4 is 21.5 Å². The van der Waals surface area contributed by atoms with Crippen molar-refractivity contribution in [3.05, 3.63) is 53.8 Å². The van der Waals surface area contributed by atoms with E-state index < -0.39 is 11.7 Å². The van der Waals surface area contributed by atoms with Gasteiger partial charge in [0.1, 0.15) is 18.2 Å². The molecule has 6 heteroatoms. The topological polar surface area (TPSA) is 90.4 Å². The van der Waals surface area contributed by atoms with Crippen LogP contribution in [0.25, 0.3) is 0 Å². The van der Waals surface area contributed by atoms with Crippen molar-refractivity contribution >= 4 is 17.3 Å². The van der Waals surface area contributed by atoms with Gasteiger partial charge in [0.05, 0.1) is 5.69 Å². The number of nitrogens with two attached hydrogens (primary N) is 2. The van der Waals surface area contributed by atoms with Gasteiger partial charge in [-0.1, -0.05) is 6.07 Å². The van der Waals surface area contributed by atoms with Crippen LogP contribution in [0.4, 0.5) is 15.8 Å². The Balaban J connectivity index is 2.16. The summed E-state index contributed by atoms with van der Waals surface area (Å²) in [6.45, 7) is 0.825. The Bertz CT molecular complexity index is 647. The van der Waals surface area contributed by atoms with Gasteiger partial charge in [0.2, 0.25) is 5.91 Å². The standard InChI is InChI=1S/C15H16FN3O2/c16-13-8-10(15(18)20)4-5-14(13)19-11-2-1-3-12(9-11)21-7-6-17/h1-5,8-9,19H,6-7,17H2,(H2,18,20). The highest BCUT2D eigenvalue weighted by Gasteiger charge is 2.07. The van der Waals surface area contributed by atoms with E-state index in [1.54, 1.807) is 24.3 Å². The minimum Gasteiger partial charge on any atom is -0.492 e. The molecule has 21 heavy (non-hydrogen) atoms. The number of carbonyl (C=O) groups is 1. The predicted octanol–water partition coefficient (Wildman–Crippen LogP) is 2.01. The van der Waals surface area contributed by atoms with E-state index >= 15 is 0 Å². The molecule has 0 aliphatic heterocycles. The molecule has 0 saturated carbocycles. The van der Waals surface area contributed by atoms with Gasteiger partial charge in [0.25, 0.3) is 0 Å². The van der Waals surface area contributed by atoms with Crippen molar-refractivity contribution in [3.8, 4) is 5.75 Å². The summed E-state index contributed by atoms with van der Waals surface area (Å²) in [6.07, 6.45) is 0. The SMILES string of the molecule is NCCOc1cccc(Nc2ccc(C(N)=O)cc2F)c1. The van der Waals surface area contributed by atoms with E-state index in [0.29, 0.717) is 24.6 Å². The summed E-state index contributed by atoms with van der Waals surface area (Å²) in [4.78, 5) is 11.0. The maximum atomic E-state index is 13.9. The van der Waals surface area contributed by atoms with Crippen LogP contribution in [0.1, 0.15) is 10.4 Å². The van der Waals surface area contributed by atoms with E-state index in [4.69, 9.17) is 16.2 Å². The molecular formula is C15H16FN3O2. The highest BCUT2D eigenvalue weighted by Crippen LogP contribution is 2.24. The van der Waals surface area contributed by atoms with E-state index in [1.807, 2.05) is 0 Å². The number of ether oxygens (including phenoxy) is 1. The summed E-state index contributed by atoms with van der Waals surface area (Å²) in [6, 6.07) is 11.1. The molecule has 5 nitrogen and oxygen atoms in total. The molecule has 0 unspecified atom stereocenters. The van der Waals surface area contributed by atoms with Crippen molar-refractivity contribution in [1.82, 2.24) is 0 Å². The summed E-state index contributed by atoms with van der Waals surface area (Å²) in [5, 5.41) is 2.92. The lowest BCUT2D eigenvalue weighted by atomic mass is 10.2. The van der Waals surface area contributed by atoms with Crippen molar-refractivity contribution in [3.63, 3.8) is 0 Å². The molecule has 0 radical (unpaired) electrons. The number of amides is 1. The lowest BCUT2D eigenvalue weighted by molar-refractivity contribution is 0.1000. The lowest BCUT2D eigenvalue weighted by Gasteiger charge is -2.10. The Kier molecular flexibility index (Phi) is 4.73. The Morgan fingerprint density at radius 2 is 2.05 bits per heavy atom. The Morgan fingerprint density at radius 3 is 2.71 bits per heavy atom. The van der Waals surface area contributed by atoms with E-state index in [0.717, 1.165) is 6.07 Å². The minimum absolute atomic E-state index is 0.123. The highest BCUT2D eigenvalue weighted by molar-refractivity contribution is 5.93. The first kappa shape index (κ1) is 14.8. The summed E-state index contributed by atoms with van der Waals surface area (Å²) in [5.41, 5.74) is 11.5. The van der Waals surface area contributed by atoms with E-state index in [2.05, 4.69) is 5.32 Å². The Morgan fingerprint density at radius 1 is 1.24 bits per heavy atom. The molecule has 0 atom stereocenters. The number of rotatable bonds is 6. The molecule has 0 aromatic heterocycles. The average molecular weight is 289 g/mol. The minimum atomic E-state index is -0.669. The maximum Gasteiger partial charge on any atom is 0.248 e. The van der Waals surface area contributed by atoms with Gasteiger partial charge < -0.3 is 21.5 Å². The van der Waals surface area contributed by atoms with E-state index in [-0.39, 0.29) is 11.3 Å². The van der Waals surface area contributed by atoms with Crippen LogP contribution in [0.5, 0.6) is 5.75 Å². The summed E-state index contributed by atoms with van der Waals surface area (Å²) < 4.78 is 19.3. The zero-order chi connectivity index (χ0) is 15.2. The van der Waals surface area contributed by atoms with Crippen LogP contribution in [0, 0.1) is 5.82 Å². The van der Waals surface area contributed by atoms with E-state index in [9.17, 15) is 9.18 Å². The number of primary amides is 1. The number of hydrogen-bond acceptors (Lipinski definition) is 4. The second kappa shape index (κ2) is 6.71. The third-order valence-electron chi connectivity index (χ3n) is 2.75. The average Bonchev–Trinajstić information content (AvgIpc) is 2.47. The first-order valence-electron chi connectivity index (χ1n) is 6.39. The predicted molar refractivity (Wildman–Crippen MR) is 79.2 cm³/mol. The van der Waals surface area contributed by atoms with Crippen molar-refractivity contribution in [2.75, 3.05) is 18.5 Å². The molecule has 0 saturated heterocycles. The molecule has 0 aliphatic carbocycles. The first-order chi connectivity index (χ1) is 10.1. The first-order valence-corrected chi connectivity index (χ1v) is 6.39. The van der Waals surface area contributed by atoms with Crippen molar-refractivity contribution < 1.29 is 13.9 Å². The van der Waals surface area contributed by atoms with Crippen molar-refractivity contribution in [1.29, 1.82) is 0 Å². The number of nitrogens with one attached hydrogen (secondary N) is 1. The number of halogens is 1. The fraction of sp³-hybridized carbons (Fsp3) is 0.133. The van der Waals surface area contributed by atoms with Gasteiger partial charge in [-0.05, 0) is 30.3 Å². The smallest absolute Gasteiger partial charge is 0.248 e. The Hall–Kier alpha value is -2.60. The number of carbonyl (C=O) groups excluding carboxylic acids is 1. The molecule has 0 spiro atoms. The molecule has 1 amide bonds. The van der Waals surface area contributed by atoms with Gasteiger partial charge in [-0.3, -0.25) is 4.79 Å². The quantitative estimate of drug-likeness (QED) is 0.758.